The van der Waals surface area contributed by atoms with Crippen molar-refractivity contribution in [3.8, 4) is 6.07 Å². The fourth-order valence-electron chi connectivity index (χ4n) is 2.24. The van der Waals surface area contributed by atoms with E-state index < -0.39 is 40.7 Å². The minimum absolute atomic E-state index is 0.0910. The molecule has 5 nitrogen and oxygen atoms in total. The number of hydrogen-bond donors (Lipinski definition) is 2. The molecule has 2 atom stereocenters. The summed E-state index contributed by atoms with van der Waals surface area (Å²) in [5, 5.41) is 19.0. The zero-order valence-electron chi connectivity index (χ0n) is 12.3. The number of benzene rings is 1. The van der Waals surface area contributed by atoms with E-state index in [0.717, 1.165) is 23.9 Å². The number of carboxylic acids is 1. The van der Waals surface area contributed by atoms with Crippen LogP contribution < -0.4 is 5.32 Å². The van der Waals surface area contributed by atoms with Crippen molar-refractivity contribution >= 4 is 23.6 Å². The lowest BCUT2D eigenvalue weighted by molar-refractivity contribution is -0.121. The van der Waals surface area contributed by atoms with Crippen molar-refractivity contribution in [2.75, 3.05) is 0 Å². The van der Waals surface area contributed by atoms with Crippen LogP contribution in [0.5, 0.6) is 0 Å². The van der Waals surface area contributed by atoms with E-state index in [9.17, 15) is 27.2 Å². The predicted octanol–water partition coefficient (Wildman–Crippen LogP) is 2.84. The van der Waals surface area contributed by atoms with Crippen molar-refractivity contribution in [2.45, 2.75) is 17.3 Å². The van der Waals surface area contributed by atoms with Gasteiger partial charge in [-0.15, -0.1) is 11.8 Å². The van der Waals surface area contributed by atoms with Gasteiger partial charge in [0.25, 0.3) is 0 Å². The number of carbonyl (C=O) groups is 2. The Morgan fingerprint density at radius 2 is 2.04 bits per heavy atom. The molecule has 1 aliphatic rings. The molecule has 0 radical (unpaired) electrons. The van der Waals surface area contributed by atoms with Crippen LogP contribution in [-0.2, 0) is 10.5 Å². The Balaban J connectivity index is 2.20. The average Bonchev–Trinajstić information content (AvgIpc) is 2.51. The number of halogens is 4. The van der Waals surface area contributed by atoms with Crippen molar-refractivity contribution in [1.29, 1.82) is 5.26 Å². The molecule has 1 amide bonds. The number of alkyl halides is 3. The Morgan fingerprint density at radius 3 is 2.60 bits per heavy atom. The van der Waals surface area contributed by atoms with E-state index in [1.54, 1.807) is 0 Å². The zero-order chi connectivity index (χ0) is 18.8. The quantitative estimate of drug-likeness (QED) is 0.791. The fraction of sp³-hybridized carbons (Fsp3) is 0.267. The maximum atomic E-state index is 13.4. The van der Waals surface area contributed by atoms with Gasteiger partial charge in [0, 0.05) is 11.8 Å². The first kappa shape index (κ1) is 18.8. The van der Waals surface area contributed by atoms with Crippen LogP contribution in [0.15, 0.2) is 29.8 Å². The van der Waals surface area contributed by atoms with E-state index in [4.69, 9.17) is 10.4 Å². The summed E-state index contributed by atoms with van der Waals surface area (Å²) in [7, 11) is 0. The summed E-state index contributed by atoms with van der Waals surface area (Å²) in [6.07, 6.45) is -4.48. The summed E-state index contributed by atoms with van der Waals surface area (Å²) in [6, 6.07) is 4.53. The Labute approximate surface area is 143 Å². The molecule has 1 heterocycles. The number of aromatic carboxylic acids is 1. The standard InChI is InChI=1S/C15H10F4N2O3S/c16-9-2-7(1-8(3-9)14(23)24)6-25-13-10(5-20)11(15(17,18)19)4-12(22)21-13/h1-4,10,13H,6H2,(H,21,22)(H,23,24). The van der Waals surface area contributed by atoms with Crippen LogP contribution in [0.4, 0.5) is 17.6 Å². The van der Waals surface area contributed by atoms with Crippen LogP contribution in [0.3, 0.4) is 0 Å². The molecule has 1 aliphatic heterocycles. The molecule has 2 unspecified atom stereocenters. The second kappa shape index (κ2) is 7.14. The summed E-state index contributed by atoms with van der Waals surface area (Å²) in [5.74, 6) is -4.87. The molecule has 2 rings (SSSR count). The molecule has 0 saturated carbocycles. The molecule has 1 aromatic rings. The minimum atomic E-state index is -4.83. The summed E-state index contributed by atoms with van der Waals surface area (Å²) in [5.41, 5.74) is -1.35. The topological polar surface area (TPSA) is 90.2 Å². The number of nitrogens with zero attached hydrogens (tertiary/aromatic N) is 1. The van der Waals surface area contributed by atoms with Crippen LogP contribution >= 0.6 is 11.8 Å². The van der Waals surface area contributed by atoms with Crippen LogP contribution in [0.1, 0.15) is 15.9 Å². The molecule has 0 saturated heterocycles. The number of carboxylic acid groups (broad SMARTS) is 1. The number of amides is 1. The average molecular weight is 374 g/mol. The zero-order valence-corrected chi connectivity index (χ0v) is 13.1. The summed E-state index contributed by atoms with van der Waals surface area (Å²) in [6.45, 7) is 0. The lowest BCUT2D eigenvalue weighted by Gasteiger charge is -2.29. The fourth-order valence-corrected chi connectivity index (χ4v) is 3.37. The largest absolute Gasteiger partial charge is 0.478 e. The van der Waals surface area contributed by atoms with Gasteiger partial charge >= 0.3 is 12.1 Å². The number of hydrogen-bond acceptors (Lipinski definition) is 4. The highest BCUT2D eigenvalue weighted by molar-refractivity contribution is 7.99. The van der Waals surface area contributed by atoms with Gasteiger partial charge in [-0.25, -0.2) is 9.18 Å². The van der Waals surface area contributed by atoms with Gasteiger partial charge < -0.3 is 10.4 Å². The smallest absolute Gasteiger partial charge is 0.414 e. The highest BCUT2D eigenvalue weighted by Gasteiger charge is 2.45. The van der Waals surface area contributed by atoms with Gasteiger partial charge in [-0.2, -0.15) is 18.4 Å². The third-order valence-electron chi connectivity index (χ3n) is 3.31. The molecular formula is C15H10F4N2O3S. The molecule has 0 aromatic heterocycles. The van der Waals surface area contributed by atoms with Gasteiger partial charge in [0.1, 0.15) is 11.7 Å². The second-order valence-electron chi connectivity index (χ2n) is 5.10. The first-order chi connectivity index (χ1) is 11.6. The van der Waals surface area contributed by atoms with Gasteiger partial charge in [0.2, 0.25) is 5.91 Å². The maximum Gasteiger partial charge on any atom is 0.414 e. The molecule has 10 heteroatoms. The van der Waals surface area contributed by atoms with Gasteiger partial charge in [-0.05, 0) is 23.8 Å². The lowest BCUT2D eigenvalue weighted by Crippen LogP contribution is -2.44. The molecular weight excluding hydrogens is 364 g/mol. The highest BCUT2D eigenvalue weighted by Crippen LogP contribution is 2.38. The molecule has 2 N–H and O–H groups in total. The SMILES string of the molecule is N#CC1C(C(F)(F)F)=CC(=O)NC1SCc1cc(F)cc(C(=O)O)c1. The summed E-state index contributed by atoms with van der Waals surface area (Å²) >= 11 is 0.781. The number of nitriles is 1. The van der Waals surface area contributed by atoms with E-state index in [1.807, 2.05) is 0 Å². The molecule has 25 heavy (non-hydrogen) atoms. The van der Waals surface area contributed by atoms with Gasteiger partial charge in [0.15, 0.2) is 0 Å². The molecule has 132 valence electrons. The van der Waals surface area contributed by atoms with Crippen LogP contribution in [0.25, 0.3) is 0 Å². The van der Waals surface area contributed by atoms with Crippen molar-refractivity contribution in [2.24, 2.45) is 5.92 Å². The van der Waals surface area contributed by atoms with E-state index in [0.29, 0.717) is 6.08 Å². The number of rotatable bonds is 4. The van der Waals surface area contributed by atoms with Crippen LogP contribution in [0, 0.1) is 23.1 Å². The summed E-state index contributed by atoms with van der Waals surface area (Å²) in [4.78, 5) is 22.4. The van der Waals surface area contributed by atoms with E-state index in [1.165, 1.54) is 12.1 Å². The van der Waals surface area contributed by atoms with E-state index in [-0.39, 0.29) is 16.9 Å². The van der Waals surface area contributed by atoms with E-state index >= 15 is 0 Å². The molecule has 0 bridgehead atoms. The number of nitrogens with one attached hydrogen (secondary N) is 1. The Hall–Kier alpha value is -2.54. The van der Waals surface area contributed by atoms with Gasteiger partial charge in [-0.3, -0.25) is 4.79 Å². The maximum absolute atomic E-state index is 13.4. The van der Waals surface area contributed by atoms with Crippen molar-refractivity contribution in [3.63, 3.8) is 0 Å². The first-order valence-electron chi connectivity index (χ1n) is 6.75. The monoisotopic (exact) mass is 374 g/mol. The lowest BCUT2D eigenvalue weighted by atomic mass is 9.96. The van der Waals surface area contributed by atoms with Gasteiger partial charge in [-0.1, -0.05) is 0 Å². The van der Waals surface area contributed by atoms with Crippen LogP contribution in [-0.4, -0.2) is 28.5 Å². The Bertz CT molecular complexity index is 786. The Kier molecular flexibility index (Phi) is 5.37. The van der Waals surface area contributed by atoms with Crippen molar-refractivity contribution in [3.05, 3.63) is 46.8 Å². The summed E-state index contributed by atoms with van der Waals surface area (Å²) < 4.78 is 52.3. The third-order valence-corrected chi connectivity index (χ3v) is 4.56. The van der Waals surface area contributed by atoms with Crippen molar-refractivity contribution in [1.82, 2.24) is 5.32 Å². The van der Waals surface area contributed by atoms with Crippen LogP contribution in [0.2, 0.25) is 0 Å². The first-order valence-corrected chi connectivity index (χ1v) is 7.80. The third kappa shape index (κ3) is 4.51. The van der Waals surface area contributed by atoms with E-state index in [2.05, 4.69) is 5.32 Å². The predicted molar refractivity (Wildman–Crippen MR) is 79.8 cm³/mol. The normalized spacial score (nSPS) is 20.4. The molecule has 0 aliphatic carbocycles. The minimum Gasteiger partial charge on any atom is -0.478 e. The van der Waals surface area contributed by atoms with Gasteiger partial charge in [0.05, 0.1) is 22.6 Å². The highest BCUT2D eigenvalue weighted by atomic mass is 32.2. The molecule has 0 spiro atoms. The number of carbonyl (C=O) groups excluding carboxylic acids is 1. The Morgan fingerprint density at radius 1 is 1.36 bits per heavy atom. The number of thioether (sulfide) groups is 1. The molecule has 0 fully saturated rings. The molecule has 1 aromatic carbocycles. The van der Waals surface area contributed by atoms with Crippen molar-refractivity contribution < 1.29 is 32.3 Å². The second-order valence-corrected chi connectivity index (χ2v) is 6.23.